The summed E-state index contributed by atoms with van der Waals surface area (Å²) >= 11 is 4.42. The molecule has 0 aliphatic carbocycles. The van der Waals surface area contributed by atoms with Crippen LogP contribution >= 0.6 is 27.3 Å². The second-order valence-electron chi connectivity index (χ2n) is 3.30. The molecule has 1 aromatic heterocycles. The van der Waals surface area contributed by atoms with Gasteiger partial charge in [0.1, 0.15) is 5.75 Å². The Hall–Kier alpha value is -1.54. The van der Waals surface area contributed by atoms with E-state index >= 15 is 0 Å². The Labute approximate surface area is 119 Å². The molecule has 1 heterocycles. The Morgan fingerprint density at radius 3 is 2.79 bits per heavy atom. The van der Waals surface area contributed by atoms with Crippen molar-refractivity contribution in [3.8, 4) is 5.75 Å². The SMILES string of the molecule is O=C(Nc1ncc(Br)s1)c1ccccc1OC(F)F. The number of nitrogens with one attached hydrogen (secondary N) is 1. The van der Waals surface area contributed by atoms with Crippen molar-refractivity contribution in [2.75, 3.05) is 5.32 Å². The molecule has 0 saturated carbocycles. The van der Waals surface area contributed by atoms with Crippen molar-refractivity contribution in [2.45, 2.75) is 6.61 Å². The molecule has 0 saturated heterocycles. The molecule has 100 valence electrons. The molecule has 2 aromatic rings. The first kappa shape index (κ1) is 13.9. The number of rotatable bonds is 4. The molecule has 0 bridgehead atoms. The number of ether oxygens (including phenoxy) is 1. The molecular formula is C11H7BrF2N2O2S. The van der Waals surface area contributed by atoms with Crippen LogP contribution in [0.1, 0.15) is 10.4 Å². The molecule has 4 nitrogen and oxygen atoms in total. The second-order valence-corrected chi connectivity index (χ2v) is 5.71. The average molecular weight is 349 g/mol. The van der Waals surface area contributed by atoms with E-state index in [1.54, 1.807) is 6.07 Å². The molecule has 0 radical (unpaired) electrons. The summed E-state index contributed by atoms with van der Waals surface area (Å²) in [5.41, 5.74) is 0.0223. The maximum atomic E-state index is 12.2. The standard InChI is InChI=1S/C11H7BrF2N2O2S/c12-8-5-15-11(19-8)16-9(17)6-3-1-2-4-7(6)18-10(13)14/h1-5,10H,(H,15,16,17). The summed E-state index contributed by atoms with van der Waals surface area (Å²) < 4.78 is 29.5. The van der Waals surface area contributed by atoms with Crippen molar-refractivity contribution in [2.24, 2.45) is 0 Å². The highest BCUT2D eigenvalue weighted by molar-refractivity contribution is 9.11. The summed E-state index contributed by atoms with van der Waals surface area (Å²) in [4.78, 5) is 15.9. The van der Waals surface area contributed by atoms with Gasteiger partial charge >= 0.3 is 6.61 Å². The third-order valence-corrected chi connectivity index (χ3v) is 3.44. The van der Waals surface area contributed by atoms with Gasteiger partial charge in [0.05, 0.1) is 15.5 Å². The fourth-order valence-electron chi connectivity index (χ4n) is 1.33. The monoisotopic (exact) mass is 348 g/mol. The highest BCUT2D eigenvalue weighted by Crippen LogP contribution is 2.25. The van der Waals surface area contributed by atoms with Crippen molar-refractivity contribution in [1.82, 2.24) is 4.98 Å². The van der Waals surface area contributed by atoms with Crippen molar-refractivity contribution in [1.29, 1.82) is 0 Å². The minimum absolute atomic E-state index is 0.0223. The lowest BCUT2D eigenvalue weighted by molar-refractivity contribution is -0.0501. The summed E-state index contributed by atoms with van der Waals surface area (Å²) in [5.74, 6) is -0.733. The van der Waals surface area contributed by atoms with Crippen LogP contribution in [-0.2, 0) is 0 Å². The Balaban J connectivity index is 2.18. The Morgan fingerprint density at radius 2 is 2.16 bits per heavy atom. The van der Waals surface area contributed by atoms with Crippen LogP contribution in [0.15, 0.2) is 34.2 Å². The van der Waals surface area contributed by atoms with Gasteiger partial charge in [-0.2, -0.15) is 8.78 Å². The number of amides is 1. The number of benzene rings is 1. The molecule has 1 aromatic carbocycles. The van der Waals surface area contributed by atoms with Gasteiger partial charge in [-0.1, -0.05) is 23.5 Å². The maximum absolute atomic E-state index is 12.2. The van der Waals surface area contributed by atoms with Gasteiger partial charge in [0, 0.05) is 0 Å². The first-order chi connectivity index (χ1) is 9.06. The number of carbonyl (C=O) groups excluding carboxylic acids is 1. The molecule has 2 rings (SSSR count). The topological polar surface area (TPSA) is 51.2 Å². The normalized spacial score (nSPS) is 10.5. The van der Waals surface area contributed by atoms with E-state index in [0.29, 0.717) is 5.13 Å². The van der Waals surface area contributed by atoms with Crippen molar-refractivity contribution >= 4 is 38.3 Å². The molecule has 0 atom stereocenters. The lowest BCUT2D eigenvalue weighted by Crippen LogP contribution is -2.14. The first-order valence-corrected chi connectivity index (χ1v) is 6.63. The zero-order chi connectivity index (χ0) is 13.8. The molecule has 19 heavy (non-hydrogen) atoms. The minimum atomic E-state index is -2.98. The van der Waals surface area contributed by atoms with Crippen LogP contribution in [0, 0.1) is 0 Å². The molecule has 1 amide bonds. The van der Waals surface area contributed by atoms with Crippen LogP contribution < -0.4 is 10.1 Å². The minimum Gasteiger partial charge on any atom is -0.434 e. The number of carbonyl (C=O) groups is 1. The van der Waals surface area contributed by atoms with E-state index in [0.717, 1.165) is 3.79 Å². The van der Waals surface area contributed by atoms with Gasteiger partial charge in [0.2, 0.25) is 0 Å². The van der Waals surface area contributed by atoms with Crippen LogP contribution in [-0.4, -0.2) is 17.5 Å². The van der Waals surface area contributed by atoms with Crippen molar-refractivity contribution < 1.29 is 18.3 Å². The number of hydrogen-bond donors (Lipinski definition) is 1. The Morgan fingerprint density at radius 1 is 1.42 bits per heavy atom. The zero-order valence-corrected chi connectivity index (χ0v) is 11.7. The van der Waals surface area contributed by atoms with E-state index in [4.69, 9.17) is 0 Å². The highest BCUT2D eigenvalue weighted by Gasteiger charge is 2.16. The molecule has 0 aliphatic rings. The number of para-hydroxylation sites is 1. The van der Waals surface area contributed by atoms with Gasteiger partial charge in [0.15, 0.2) is 5.13 Å². The van der Waals surface area contributed by atoms with Gasteiger partial charge < -0.3 is 4.74 Å². The van der Waals surface area contributed by atoms with Crippen LogP contribution in [0.5, 0.6) is 5.75 Å². The number of aromatic nitrogens is 1. The number of thiazole rings is 1. The number of hydrogen-bond acceptors (Lipinski definition) is 4. The molecule has 8 heteroatoms. The fraction of sp³-hybridized carbons (Fsp3) is 0.0909. The third-order valence-electron chi connectivity index (χ3n) is 2.05. The lowest BCUT2D eigenvalue weighted by atomic mass is 10.2. The summed E-state index contributed by atoms with van der Waals surface area (Å²) in [6, 6.07) is 5.77. The number of alkyl halides is 2. The summed E-state index contributed by atoms with van der Waals surface area (Å²) in [6.45, 7) is -2.98. The smallest absolute Gasteiger partial charge is 0.387 e. The molecular weight excluding hydrogens is 342 g/mol. The molecule has 0 fully saturated rings. The predicted molar refractivity (Wildman–Crippen MR) is 70.8 cm³/mol. The third kappa shape index (κ3) is 3.71. The molecule has 0 unspecified atom stereocenters. The van der Waals surface area contributed by atoms with E-state index in [1.165, 1.54) is 35.7 Å². The van der Waals surface area contributed by atoms with Crippen LogP contribution in [0.4, 0.5) is 13.9 Å². The number of halogens is 3. The molecule has 0 spiro atoms. The number of nitrogens with zero attached hydrogens (tertiary/aromatic N) is 1. The van der Waals surface area contributed by atoms with E-state index in [9.17, 15) is 13.6 Å². The van der Waals surface area contributed by atoms with E-state index in [2.05, 4.69) is 31.0 Å². The summed E-state index contributed by atoms with van der Waals surface area (Å²) in [5, 5.41) is 2.87. The van der Waals surface area contributed by atoms with Crippen LogP contribution in [0.25, 0.3) is 0 Å². The largest absolute Gasteiger partial charge is 0.434 e. The van der Waals surface area contributed by atoms with Crippen molar-refractivity contribution in [3.05, 3.63) is 39.8 Å². The number of anilines is 1. The van der Waals surface area contributed by atoms with Gasteiger partial charge in [-0.05, 0) is 28.1 Å². The summed E-state index contributed by atoms with van der Waals surface area (Å²) in [6.07, 6.45) is 1.53. The van der Waals surface area contributed by atoms with E-state index in [1.807, 2.05) is 0 Å². The average Bonchev–Trinajstić information content (AvgIpc) is 2.74. The maximum Gasteiger partial charge on any atom is 0.387 e. The predicted octanol–water partition coefficient (Wildman–Crippen LogP) is 3.76. The first-order valence-electron chi connectivity index (χ1n) is 5.03. The molecule has 1 N–H and O–H groups in total. The Bertz CT molecular complexity index is 592. The van der Waals surface area contributed by atoms with Gasteiger partial charge in [-0.15, -0.1) is 0 Å². The Kier molecular flexibility index (Phi) is 4.43. The van der Waals surface area contributed by atoms with Crippen LogP contribution in [0.3, 0.4) is 0 Å². The fourth-order valence-corrected chi connectivity index (χ4v) is 2.43. The van der Waals surface area contributed by atoms with Gasteiger partial charge in [-0.25, -0.2) is 4.98 Å². The van der Waals surface area contributed by atoms with Crippen molar-refractivity contribution in [3.63, 3.8) is 0 Å². The summed E-state index contributed by atoms with van der Waals surface area (Å²) in [7, 11) is 0. The van der Waals surface area contributed by atoms with E-state index in [-0.39, 0.29) is 11.3 Å². The quantitative estimate of drug-likeness (QED) is 0.915. The highest BCUT2D eigenvalue weighted by atomic mass is 79.9. The van der Waals surface area contributed by atoms with Crippen LogP contribution in [0.2, 0.25) is 0 Å². The zero-order valence-electron chi connectivity index (χ0n) is 9.27. The van der Waals surface area contributed by atoms with E-state index < -0.39 is 12.5 Å². The molecule has 0 aliphatic heterocycles. The second kappa shape index (κ2) is 6.07. The van der Waals surface area contributed by atoms with Gasteiger partial charge in [-0.3, -0.25) is 10.1 Å². The van der Waals surface area contributed by atoms with Gasteiger partial charge in [0.25, 0.3) is 5.91 Å². The lowest BCUT2D eigenvalue weighted by Gasteiger charge is -2.09.